The van der Waals surface area contributed by atoms with Gasteiger partial charge in [-0.1, -0.05) is 12.1 Å². The third-order valence-electron chi connectivity index (χ3n) is 4.65. The average Bonchev–Trinajstić information content (AvgIpc) is 3.11. The molecule has 1 aliphatic carbocycles. The zero-order valence-electron chi connectivity index (χ0n) is 14.4. The van der Waals surface area contributed by atoms with E-state index < -0.39 is 0 Å². The maximum atomic E-state index is 9.82. The Morgan fingerprint density at radius 3 is 2.50 bits per heavy atom. The van der Waals surface area contributed by atoms with Gasteiger partial charge in [-0.2, -0.15) is 0 Å². The first-order valence-corrected chi connectivity index (χ1v) is 8.87. The molecule has 0 spiro atoms. The minimum atomic E-state index is -0.218. The minimum absolute atomic E-state index is 0.218. The molecule has 4 rings (SSSR count). The molecule has 0 amide bonds. The standard InChI is InChI=1S/C21H21N3O2/c25-17-9-6-15(14-17)19-4-3-13-23-21(19)26-18-10-7-16(8-11-18)24-20-5-1-2-12-22-20/h1-5,7-8,10-13,15,17,25H,6,9,14H2,(H,22,24)/t15-,17+/m0/s1. The Morgan fingerprint density at radius 2 is 1.77 bits per heavy atom. The topological polar surface area (TPSA) is 67.3 Å². The lowest BCUT2D eigenvalue weighted by atomic mass is 9.99. The zero-order chi connectivity index (χ0) is 17.8. The Bertz CT molecular complexity index is 853. The Balaban J connectivity index is 1.48. The lowest BCUT2D eigenvalue weighted by molar-refractivity contribution is 0.181. The molecule has 2 aromatic heterocycles. The highest BCUT2D eigenvalue weighted by Crippen LogP contribution is 2.39. The molecule has 2 atom stereocenters. The van der Waals surface area contributed by atoms with Gasteiger partial charge in [0.05, 0.1) is 6.10 Å². The smallest absolute Gasteiger partial charge is 0.222 e. The fourth-order valence-electron chi connectivity index (χ4n) is 3.34. The van der Waals surface area contributed by atoms with E-state index in [4.69, 9.17) is 4.74 Å². The predicted octanol–water partition coefficient (Wildman–Crippen LogP) is 4.64. The van der Waals surface area contributed by atoms with Crippen LogP contribution >= 0.6 is 0 Å². The number of anilines is 2. The molecule has 1 aliphatic rings. The van der Waals surface area contributed by atoms with E-state index in [1.54, 1.807) is 12.4 Å². The lowest BCUT2D eigenvalue weighted by Crippen LogP contribution is -2.02. The number of hydrogen-bond donors (Lipinski definition) is 2. The monoisotopic (exact) mass is 347 g/mol. The van der Waals surface area contributed by atoms with Gasteiger partial charge in [-0.05, 0) is 67.6 Å². The summed E-state index contributed by atoms with van der Waals surface area (Å²) in [6.45, 7) is 0. The molecule has 5 heteroatoms. The molecule has 0 bridgehead atoms. The van der Waals surface area contributed by atoms with Crippen molar-refractivity contribution in [3.05, 3.63) is 72.6 Å². The molecule has 1 fully saturated rings. The second kappa shape index (κ2) is 7.54. The van der Waals surface area contributed by atoms with Crippen molar-refractivity contribution in [2.45, 2.75) is 31.3 Å². The molecule has 2 N–H and O–H groups in total. The number of aliphatic hydroxyl groups is 1. The van der Waals surface area contributed by atoms with Gasteiger partial charge in [0.15, 0.2) is 0 Å². The Kier molecular flexibility index (Phi) is 4.80. The fourth-order valence-corrected chi connectivity index (χ4v) is 3.34. The SMILES string of the molecule is O[C@@H]1CC[C@H](c2cccnc2Oc2ccc(Nc3ccccn3)cc2)C1. The number of pyridine rings is 2. The molecule has 2 heterocycles. The summed E-state index contributed by atoms with van der Waals surface area (Å²) in [6.07, 6.45) is 5.85. The van der Waals surface area contributed by atoms with Crippen LogP contribution in [0.15, 0.2) is 67.0 Å². The Morgan fingerprint density at radius 1 is 0.923 bits per heavy atom. The van der Waals surface area contributed by atoms with Crippen LogP contribution in [0.25, 0.3) is 0 Å². The first-order chi connectivity index (χ1) is 12.8. The van der Waals surface area contributed by atoms with Gasteiger partial charge < -0.3 is 15.2 Å². The van der Waals surface area contributed by atoms with E-state index in [0.717, 1.165) is 42.1 Å². The van der Waals surface area contributed by atoms with Crippen molar-refractivity contribution in [3.8, 4) is 11.6 Å². The molecular weight excluding hydrogens is 326 g/mol. The largest absolute Gasteiger partial charge is 0.439 e. The number of aromatic nitrogens is 2. The van der Waals surface area contributed by atoms with Gasteiger partial charge in [-0.25, -0.2) is 9.97 Å². The maximum absolute atomic E-state index is 9.82. The van der Waals surface area contributed by atoms with Crippen LogP contribution in [-0.4, -0.2) is 21.2 Å². The molecule has 1 saturated carbocycles. The summed E-state index contributed by atoms with van der Waals surface area (Å²) in [6, 6.07) is 17.4. The summed E-state index contributed by atoms with van der Waals surface area (Å²) < 4.78 is 6.03. The molecule has 132 valence electrons. The van der Waals surface area contributed by atoms with Gasteiger partial charge in [-0.3, -0.25) is 0 Å². The quantitative estimate of drug-likeness (QED) is 0.704. The van der Waals surface area contributed by atoms with Crippen LogP contribution in [0.4, 0.5) is 11.5 Å². The molecule has 0 saturated heterocycles. The van der Waals surface area contributed by atoms with Crippen molar-refractivity contribution in [1.82, 2.24) is 9.97 Å². The van der Waals surface area contributed by atoms with Crippen molar-refractivity contribution in [3.63, 3.8) is 0 Å². The van der Waals surface area contributed by atoms with E-state index in [1.165, 1.54) is 0 Å². The summed E-state index contributed by atoms with van der Waals surface area (Å²) in [4.78, 5) is 8.66. The van der Waals surface area contributed by atoms with Crippen LogP contribution in [0.3, 0.4) is 0 Å². The lowest BCUT2D eigenvalue weighted by Gasteiger charge is -2.15. The highest BCUT2D eigenvalue weighted by Gasteiger charge is 2.27. The van der Waals surface area contributed by atoms with Gasteiger partial charge in [0.25, 0.3) is 0 Å². The summed E-state index contributed by atoms with van der Waals surface area (Å²) in [5, 5.41) is 13.1. The minimum Gasteiger partial charge on any atom is -0.439 e. The van der Waals surface area contributed by atoms with E-state index >= 15 is 0 Å². The second-order valence-electron chi connectivity index (χ2n) is 6.53. The number of rotatable bonds is 5. The molecule has 1 aromatic carbocycles. The summed E-state index contributed by atoms with van der Waals surface area (Å²) in [5.74, 6) is 2.46. The van der Waals surface area contributed by atoms with E-state index in [2.05, 4.69) is 15.3 Å². The van der Waals surface area contributed by atoms with E-state index in [9.17, 15) is 5.11 Å². The maximum Gasteiger partial charge on any atom is 0.222 e. The van der Waals surface area contributed by atoms with Crippen molar-refractivity contribution in [2.24, 2.45) is 0 Å². The van der Waals surface area contributed by atoms with Crippen LogP contribution in [0.1, 0.15) is 30.7 Å². The van der Waals surface area contributed by atoms with Crippen LogP contribution in [0.2, 0.25) is 0 Å². The van der Waals surface area contributed by atoms with E-state index in [1.807, 2.05) is 54.6 Å². The number of ether oxygens (including phenoxy) is 1. The molecule has 0 aliphatic heterocycles. The number of benzene rings is 1. The van der Waals surface area contributed by atoms with Crippen molar-refractivity contribution in [2.75, 3.05) is 5.32 Å². The number of nitrogens with one attached hydrogen (secondary N) is 1. The number of hydrogen-bond acceptors (Lipinski definition) is 5. The second-order valence-corrected chi connectivity index (χ2v) is 6.53. The third kappa shape index (κ3) is 3.83. The zero-order valence-corrected chi connectivity index (χ0v) is 14.4. The first kappa shape index (κ1) is 16.5. The van der Waals surface area contributed by atoms with Gasteiger partial charge in [0, 0.05) is 23.6 Å². The van der Waals surface area contributed by atoms with Crippen LogP contribution < -0.4 is 10.1 Å². The Hall–Kier alpha value is -2.92. The highest BCUT2D eigenvalue weighted by atomic mass is 16.5. The van der Waals surface area contributed by atoms with Gasteiger partial charge >= 0.3 is 0 Å². The summed E-state index contributed by atoms with van der Waals surface area (Å²) >= 11 is 0. The van der Waals surface area contributed by atoms with Gasteiger partial charge in [-0.15, -0.1) is 0 Å². The van der Waals surface area contributed by atoms with Crippen molar-refractivity contribution in [1.29, 1.82) is 0 Å². The highest BCUT2D eigenvalue weighted by molar-refractivity contribution is 5.57. The normalized spacial score (nSPS) is 19.3. The van der Waals surface area contributed by atoms with E-state index in [0.29, 0.717) is 11.8 Å². The van der Waals surface area contributed by atoms with Gasteiger partial charge in [0.1, 0.15) is 11.6 Å². The molecule has 26 heavy (non-hydrogen) atoms. The molecule has 3 aromatic rings. The van der Waals surface area contributed by atoms with Crippen molar-refractivity contribution >= 4 is 11.5 Å². The molecular formula is C21H21N3O2. The van der Waals surface area contributed by atoms with Crippen molar-refractivity contribution < 1.29 is 9.84 Å². The van der Waals surface area contributed by atoms with Crippen LogP contribution in [0, 0.1) is 0 Å². The van der Waals surface area contributed by atoms with Gasteiger partial charge in [0.2, 0.25) is 5.88 Å². The summed E-state index contributed by atoms with van der Waals surface area (Å²) in [7, 11) is 0. The number of aliphatic hydroxyl groups excluding tert-OH is 1. The third-order valence-corrected chi connectivity index (χ3v) is 4.65. The van der Waals surface area contributed by atoms with Crippen LogP contribution in [-0.2, 0) is 0 Å². The molecule has 5 nitrogen and oxygen atoms in total. The summed E-state index contributed by atoms with van der Waals surface area (Å²) in [5.41, 5.74) is 2.01. The average molecular weight is 347 g/mol. The van der Waals surface area contributed by atoms with E-state index in [-0.39, 0.29) is 6.10 Å². The predicted molar refractivity (Wildman–Crippen MR) is 101 cm³/mol. The molecule has 0 radical (unpaired) electrons. The fraction of sp³-hybridized carbons (Fsp3) is 0.238. The number of nitrogens with zero attached hydrogens (tertiary/aromatic N) is 2. The van der Waals surface area contributed by atoms with Crippen LogP contribution in [0.5, 0.6) is 11.6 Å². The first-order valence-electron chi connectivity index (χ1n) is 8.87. The Labute approximate surface area is 152 Å². The molecule has 0 unspecified atom stereocenters.